The summed E-state index contributed by atoms with van der Waals surface area (Å²) >= 11 is 0. The third-order valence-corrected chi connectivity index (χ3v) is 7.75. The number of nitrogens with zero attached hydrogens (tertiary/aromatic N) is 1. The van der Waals surface area contributed by atoms with Crippen molar-refractivity contribution in [1.82, 2.24) is 4.90 Å². The highest BCUT2D eigenvalue weighted by molar-refractivity contribution is 5.95. The number of carbonyl (C=O) groups excluding carboxylic acids is 3. The van der Waals surface area contributed by atoms with E-state index in [2.05, 4.69) is 29.2 Å². The van der Waals surface area contributed by atoms with E-state index in [-0.39, 0.29) is 11.1 Å². The van der Waals surface area contributed by atoms with E-state index in [0.717, 1.165) is 43.6 Å². The van der Waals surface area contributed by atoms with Crippen LogP contribution in [0, 0.1) is 25.7 Å². The Kier molecular flexibility index (Phi) is 10.6. The Bertz CT molecular complexity index is 1410. The predicted molar refractivity (Wildman–Crippen MR) is 159 cm³/mol. The number of hydrogen-bond donors (Lipinski definition) is 2. The number of fused-ring (bicyclic) bond motifs is 1. The van der Waals surface area contributed by atoms with Crippen molar-refractivity contribution in [3.8, 4) is 0 Å². The van der Waals surface area contributed by atoms with Crippen LogP contribution in [0.1, 0.15) is 50.2 Å². The zero-order valence-corrected chi connectivity index (χ0v) is 24.5. The van der Waals surface area contributed by atoms with Gasteiger partial charge >= 0.3 is 23.9 Å². The number of ketones is 1. The van der Waals surface area contributed by atoms with E-state index in [4.69, 9.17) is 9.47 Å². The van der Waals surface area contributed by atoms with Crippen LogP contribution in [0.15, 0.2) is 78.9 Å². The van der Waals surface area contributed by atoms with Gasteiger partial charge in [0, 0.05) is 32.0 Å². The molecule has 0 aromatic heterocycles. The molecule has 2 N–H and O–H groups in total. The predicted octanol–water partition coefficient (Wildman–Crippen LogP) is 4.32. The standard InChI is InChI=1S/C20H18O8.C14H17NO/c1-11-3-7-13(8-4-11)19(25)27-15(17(21)22)16(18(23)24)28-20(26)14-9-5-12(2)6-10-14;16-14-7-6-12-9-15(10-13(12)14)8-11-4-2-1-3-5-11/h3-10,15-16H,1-2H3,(H,21,22)(H,23,24);1-5,12-13H,6-10H2/t15-,16-;12-,13+/m10/s1. The summed E-state index contributed by atoms with van der Waals surface area (Å²) in [6.45, 7) is 6.69. The first-order valence-corrected chi connectivity index (χ1v) is 14.3. The van der Waals surface area contributed by atoms with E-state index in [1.54, 1.807) is 38.1 Å². The number of hydrogen-bond acceptors (Lipinski definition) is 8. The number of aliphatic carboxylic acids is 2. The molecule has 0 amide bonds. The first-order chi connectivity index (χ1) is 21.0. The van der Waals surface area contributed by atoms with E-state index in [9.17, 15) is 34.2 Å². The number of carboxylic acids is 2. The largest absolute Gasteiger partial charge is 0.478 e. The van der Waals surface area contributed by atoms with Crippen LogP contribution in [0.25, 0.3) is 0 Å². The molecule has 10 heteroatoms. The molecule has 230 valence electrons. The van der Waals surface area contributed by atoms with Crippen molar-refractivity contribution >= 4 is 29.7 Å². The van der Waals surface area contributed by atoms with Gasteiger partial charge in [-0.1, -0.05) is 65.7 Å². The van der Waals surface area contributed by atoms with Gasteiger partial charge in [0.2, 0.25) is 12.2 Å². The Labute approximate surface area is 255 Å². The Balaban J connectivity index is 0.000000231. The summed E-state index contributed by atoms with van der Waals surface area (Å²) in [7, 11) is 0. The summed E-state index contributed by atoms with van der Waals surface area (Å²) in [5, 5.41) is 18.6. The normalized spacial score (nSPS) is 18.7. The number of carbonyl (C=O) groups is 5. The first kappa shape index (κ1) is 32.1. The number of benzene rings is 3. The molecule has 0 bridgehead atoms. The fraction of sp³-hybridized carbons (Fsp3) is 0.324. The van der Waals surface area contributed by atoms with Gasteiger partial charge in [0.25, 0.3) is 0 Å². The van der Waals surface area contributed by atoms with E-state index >= 15 is 0 Å². The van der Waals surface area contributed by atoms with Gasteiger partial charge in [-0.2, -0.15) is 0 Å². The van der Waals surface area contributed by atoms with Crippen molar-refractivity contribution in [1.29, 1.82) is 0 Å². The monoisotopic (exact) mass is 601 g/mol. The number of likely N-dealkylation sites (tertiary alicyclic amines) is 1. The fourth-order valence-corrected chi connectivity index (χ4v) is 5.33. The van der Waals surface area contributed by atoms with Crippen LogP contribution in [-0.2, 0) is 30.4 Å². The van der Waals surface area contributed by atoms with Gasteiger partial charge in [-0.25, -0.2) is 19.2 Å². The van der Waals surface area contributed by atoms with Crippen molar-refractivity contribution in [2.75, 3.05) is 13.1 Å². The number of rotatable bonds is 9. The summed E-state index contributed by atoms with van der Waals surface area (Å²) in [6.07, 6.45) is -2.50. The molecule has 1 aliphatic carbocycles. The molecule has 3 aromatic rings. The highest BCUT2D eigenvalue weighted by Crippen LogP contribution is 2.35. The Morgan fingerprint density at radius 1 is 0.750 bits per heavy atom. The molecule has 0 radical (unpaired) electrons. The zero-order chi connectivity index (χ0) is 31.8. The van der Waals surface area contributed by atoms with Gasteiger partial charge in [0.15, 0.2) is 0 Å². The second kappa shape index (κ2) is 14.6. The lowest BCUT2D eigenvalue weighted by Crippen LogP contribution is -2.45. The van der Waals surface area contributed by atoms with Gasteiger partial charge in [-0.05, 0) is 56.0 Å². The third kappa shape index (κ3) is 8.38. The number of aryl methyl sites for hydroxylation is 2. The molecule has 4 atom stereocenters. The lowest BCUT2D eigenvalue weighted by atomic mass is 10.0. The lowest BCUT2D eigenvalue weighted by Gasteiger charge is -2.21. The van der Waals surface area contributed by atoms with E-state index in [1.807, 2.05) is 6.07 Å². The van der Waals surface area contributed by atoms with Crippen LogP contribution in [0.3, 0.4) is 0 Å². The van der Waals surface area contributed by atoms with Crippen molar-refractivity contribution < 1.29 is 43.7 Å². The molecule has 3 aromatic carbocycles. The number of esters is 2. The molecule has 10 nitrogen and oxygen atoms in total. The molecule has 1 saturated carbocycles. The van der Waals surface area contributed by atoms with Gasteiger partial charge in [-0.3, -0.25) is 9.69 Å². The summed E-state index contributed by atoms with van der Waals surface area (Å²) < 4.78 is 9.64. The number of carboxylic acid groups (broad SMARTS) is 2. The highest BCUT2D eigenvalue weighted by Gasteiger charge is 2.42. The summed E-state index contributed by atoms with van der Waals surface area (Å²) in [4.78, 5) is 61.4. The zero-order valence-electron chi connectivity index (χ0n) is 24.5. The quantitative estimate of drug-likeness (QED) is 0.340. The molecule has 44 heavy (non-hydrogen) atoms. The Hall–Kier alpha value is -4.83. The number of Topliss-reactive ketones (excluding diaryl/α,β-unsaturated/α-hetero) is 1. The average molecular weight is 602 g/mol. The van der Waals surface area contributed by atoms with Crippen molar-refractivity contribution in [2.45, 2.75) is 45.4 Å². The maximum absolute atomic E-state index is 12.2. The lowest BCUT2D eigenvalue weighted by molar-refractivity contribution is -0.166. The maximum Gasteiger partial charge on any atom is 0.349 e. The van der Waals surface area contributed by atoms with Crippen molar-refractivity contribution in [2.24, 2.45) is 11.8 Å². The maximum atomic E-state index is 12.2. The molecule has 5 rings (SSSR count). The van der Waals surface area contributed by atoms with Crippen LogP contribution in [0.5, 0.6) is 0 Å². The molecule has 0 spiro atoms. The van der Waals surface area contributed by atoms with Crippen molar-refractivity contribution in [3.05, 3.63) is 107 Å². The van der Waals surface area contributed by atoms with E-state index in [0.29, 0.717) is 17.6 Å². The minimum Gasteiger partial charge on any atom is -0.478 e. The van der Waals surface area contributed by atoms with Gasteiger partial charge < -0.3 is 19.7 Å². The molecule has 2 aliphatic rings. The topological polar surface area (TPSA) is 148 Å². The van der Waals surface area contributed by atoms with Crippen molar-refractivity contribution in [3.63, 3.8) is 0 Å². The van der Waals surface area contributed by atoms with Crippen LogP contribution in [0.4, 0.5) is 0 Å². The first-order valence-electron chi connectivity index (χ1n) is 14.3. The van der Waals surface area contributed by atoms with Crippen LogP contribution in [-0.4, -0.2) is 70.1 Å². The molecular weight excluding hydrogens is 566 g/mol. The van der Waals surface area contributed by atoms with E-state index < -0.39 is 36.1 Å². The Morgan fingerprint density at radius 3 is 1.66 bits per heavy atom. The van der Waals surface area contributed by atoms with E-state index in [1.165, 1.54) is 29.8 Å². The SMILES string of the molecule is Cc1ccc(C(=O)O[C@@H](C(=O)O)[C@@H](OC(=O)c2ccc(C)cc2)C(=O)O)cc1.O=C1CC[C@H]2CN(Cc3ccccc3)C[C@@H]12. The summed E-state index contributed by atoms with van der Waals surface area (Å²) in [6, 6.07) is 22.6. The van der Waals surface area contributed by atoms with Crippen LogP contribution >= 0.6 is 0 Å². The summed E-state index contributed by atoms with van der Waals surface area (Å²) in [5.41, 5.74) is 3.15. The number of ether oxygens (including phenoxy) is 2. The molecule has 1 heterocycles. The highest BCUT2D eigenvalue weighted by atomic mass is 16.6. The van der Waals surface area contributed by atoms with Crippen LogP contribution < -0.4 is 0 Å². The molecule has 1 aliphatic heterocycles. The second-order valence-corrected chi connectivity index (χ2v) is 11.1. The average Bonchev–Trinajstić information content (AvgIpc) is 3.56. The minimum absolute atomic E-state index is 0.0332. The summed E-state index contributed by atoms with van der Waals surface area (Å²) in [5.74, 6) is -4.12. The third-order valence-electron chi connectivity index (χ3n) is 7.75. The van der Waals surface area contributed by atoms with Gasteiger partial charge in [0.1, 0.15) is 5.78 Å². The Morgan fingerprint density at radius 2 is 1.23 bits per heavy atom. The van der Waals surface area contributed by atoms with Crippen LogP contribution in [0.2, 0.25) is 0 Å². The minimum atomic E-state index is -2.22. The molecular formula is C34H35NO9. The molecule has 0 unspecified atom stereocenters. The molecule has 1 saturated heterocycles. The fourth-order valence-electron chi connectivity index (χ4n) is 5.33. The molecule has 2 fully saturated rings. The second-order valence-electron chi connectivity index (χ2n) is 11.1. The van der Waals surface area contributed by atoms with Gasteiger partial charge in [-0.15, -0.1) is 0 Å². The smallest absolute Gasteiger partial charge is 0.349 e. The van der Waals surface area contributed by atoms with Gasteiger partial charge in [0.05, 0.1) is 11.1 Å².